The summed E-state index contributed by atoms with van der Waals surface area (Å²) in [5.41, 5.74) is -0.565. The zero-order valence-electron chi connectivity index (χ0n) is 16.5. The summed E-state index contributed by atoms with van der Waals surface area (Å²) in [6, 6.07) is 3.32. The van der Waals surface area contributed by atoms with E-state index in [0.717, 1.165) is 18.2 Å². The van der Waals surface area contributed by atoms with E-state index in [9.17, 15) is 24.3 Å². The molecule has 9 nitrogen and oxygen atoms in total. The first-order valence-corrected chi connectivity index (χ1v) is 8.82. The highest BCUT2D eigenvalue weighted by Crippen LogP contribution is 2.17. The van der Waals surface area contributed by atoms with Crippen molar-refractivity contribution < 1.29 is 43.6 Å². The largest absolute Gasteiger partial charge is 0.478 e. The van der Waals surface area contributed by atoms with Crippen molar-refractivity contribution in [1.29, 1.82) is 0 Å². The van der Waals surface area contributed by atoms with Crippen LogP contribution in [0.3, 0.4) is 0 Å². The molecule has 2 unspecified atom stereocenters. The van der Waals surface area contributed by atoms with Crippen molar-refractivity contribution in [2.24, 2.45) is 0 Å². The predicted molar refractivity (Wildman–Crippen MR) is 101 cm³/mol. The van der Waals surface area contributed by atoms with Gasteiger partial charge in [0.1, 0.15) is 19.3 Å². The van der Waals surface area contributed by atoms with E-state index in [-0.39, 0.29) is 22.3 Å². The summed E-state index contributed by atoms with van der Waals surface area (Å²) >= 11 is 0. The number of aliphatic hydroxyl groups excluding tert-OH is 1. The van der Waals surface area contributed by atoms with Gasteiger partial charge in [0.25, 0.3) is 0 Å². The van der Waals surface area contributed by atoms with E-state index in [1.54, 1.807) is 6.92 Å². The minimum atomic E-state index is -1.32. The minimum Gasteiger partial charge on any atom is -0.478 e. The summed E-state index contributed by atoms with van der Waals surface area (Å²) in [7, 11) is 0. The van der Waals surface area contributed by atoms with Gasteiger partial charge in [0, 0.05) is 5.57 Å². The smallest absolute Gasteiger partial charge is 0.339 e. The molecule has 2 N–H and O–H groups in total. The molecule has 0 aliphatic rings. The molecule has 0 saturated carbocycles. The fraction of sp³-hybridized carbons (Fsp3) is 0.400. The van der Waals surface area contributed by atoms with Crippen molar-refractivity contribution in [3.05, 3.63) is 47.0 Å². The lowest BCUT2D eigenvalue weighted by molar-refractivity contribution is -0.142. The summed E-state index contributed by atoms with van der Waals surface area (Å²) in [5.74, 6) is -3.85. The predicted octanol–water partition coefficient (Wildman–Crippen LogP) is 1.98. The maximum Gasteiger partial charge on any atom is 0.339 e. The monoisotopic (exact) mass is 408 g/mol. The molecular weight excluding hydrogens is 384 g/mol. The number of aliphatic hydroxyl groups is 1. The summed E-state index contributed by atoms with van der Waals surface area (Å²) in [6.07, 6.45) is -1.18. The van der Waals surface area contributed by atoms with Crippen LogP contribution in [0.5, 0.6) is 0 Å². The van der Waals surface area contributed by atoms with Crippen molar-refractivity contribution in [2.75, 3.05) is 13.2 Å². The summed E-state index contributed by atoms with van der Waals surface area (Å²) in [5, 5.41) is 18.9. The maximum atomic E-state index is 12.4. The molecule has 2 atom stereocenters. The van der Waals surface area contributed by atoms with Crippen LogP contribution in [0.4, 0.5) is 0 Å². The standard InChI is InChI=1S/C20H24O9/c1-5-12(4)29-20(26)15-7-6-13(17(22)23)8-16(15)19(25)28-10-14(21)9-27-18(24)11(2)3/h6-8,12,14,21H,2,5,9-10H2,1,3-4H3,(H,22,23). The highest BCUT2D eigenvalue weighted by molar-refractivity contribution is 6.05. The van der Waals surface area contributed by atoms with Gasteiger partial charge in [-0.2, -0.15) is 0 Å². The van der Waals surface area contributed by atoms with Gasteiger partial charge in [-0.1, -0.05) is 13.5 Å². The van der Waals surface area contributed by atoms with Crippen LogP contribution in [-0.4, -0.2) is 59.5 Å². The Kier molecular flexibility index (Phi) is 9.01. The number of benzene rings is 1. The number of carbonyl (C=O) groups is 4. The Morgan fingerprint density at radius 3 is 2.24 bits per heavy atom. The van der Waals surface area contributed by atoms with Gasteiger partial charge in [0.2, 0.25) is 0 Å². The average molecular weight is 408 g/mol. The third-order valence-corrected chi connectivity index (χ3v) is 3.75. The van der Waals surface area contributed by atoms with Crippen LogP contribution in [-0.2, 0) is 19.0 Å². The Bertz CT molecular complexity index is 797. The van der Waals surface area contributed by atoms with E-state index >= 15 is 0 Å². The van der Waals surface area contributed by atoms with Crippen LogP contribution in [0.2, 0.25) is 0 Å². The van der Waals surface area contributed by atoms with Crippen LogP contribution in [0.1, 0.15) is 58.3 Å². The van der Waals surface area contributed by atoms with E-state index in [2.05, 4.69) is 6.58 Å². The molecule has 29 heavy (non-hydrogen) atoms. The lowest BCUT2D eigenvalue weighted by Crippen LogP contribution is -2.26. The highest BCUT2D eigenvalue weighted by Gasteiger charge is 2.23. The van der Waals surface area contributed by atoms with E-state index in [1.807, 2.05) is 6.92 Å². The molecule has 1 aromatic rings. The molecule has 0 heterocycles. The van der Waals surface area contributed by atoms with Crippen LogP contribution in [0.15, 0.2) is 30.4 Å². The molecule has 0 fully saturated rings. The molecule has 0 aliphatic carbocycles. The number of aromatic carboxylic acids is 1. The highest BCUT2D eigenvalue weighted by atomic mass is 16.6. The molecule has 0 bridgehead atoms. The zero-order valence-corrected chi connectivity index (χ0v) is 16.5. The number of hydrogen-bond donors (Lipinski definition) is 2. The van der Waals surface area contributed by atoms with Crippen LogP contribution < -0.4 is 0 Å². The van der Waals surface area contributed by atoms with Gasteiger partial charge in [-0.05, 0) is 38.5 Å². The first-order chi connectivity index (χ1) is 13.6. The molecule has 0 saturated heterocycles. The van der Waals surface area contributed by atoms with Gasteiger partial charge >= 0.3 is 23.9 Å². The number of esters is 3. The summed E-state index contributed by atoms with van der Waals surface area (Å²) in [6.45, 7) is 7.33. The van der Waals surface area contributed by atoms with Crippen LogP contribution in [0.25, 0.3) is 0 Å². The molecule has 1 aromatic carbocycles. The number of hydrogen-bond acceptors (Lipinski definition) is 8. The number of carboxylic acids is 1. The Hall–Kier alpha value is -3.20. The molecule has 0 radical (unpaired) electrons. The molecule has 0 amide bonds. The van der Waals surface area contributed by atoms with Gasteiger partial charge in [0.15, 0.2) is 0 Å². The second-order valence-electron chi connectivity index (χ2n) is 6.32. The molecule has 0 spiro atoms. The first-order valence-electron chi connectivity index (χ1n) is 8.82. The number of carbonyl (C=O) groups excluding carboxylic acids is 3. The van der Waals surface area contributed by atoms with Gasteiger partial charge in [-0.25, -0.2) is 19.2 Å². The molecule has 0 aromatic heterocycles. The third kappa shape index (κ3) is 7.38. The van der Waals surface area contributed by atoms with Gasteiger partial charge in [-0.15, -0.1) is 0 Å². The topological polar surface area (TPSA) is 136 Å². The van der Waals surface area contributed by atoms with Crippen LogP contribution >= 0.6 is 0 Å². The molecule has 9 heteroatoms. The Labute approximate surface area is 167 Å². The van der Waals surface area contributed by atoms with Crippen molar-refractivity contribution in [2.45, 2.75) is 39.4 Å². The van der Waals surface area contributed by atoms with Gasteiger partial charge < -0.3 is 24.4 Å². The minimum absolute atomic E-state index is 0.143. The number of ether oxygens (including phenoxy) is 3. The quantitative estimate of drug-likeness (QED) is 0.338. The number of rotatable bonds is 10. The van der Waals surface area contributed by atoms with Crippen LogP contribution in [0, 0.1) is 0 Å². The fourth-order valence-corrected chi connectivity index (χ4v) is 1.95. The SMILES string of the molecule is C=C(C)C(=O)OCC(O)COC(=O)c1cc(C(=O)O)ccc1C(=O)OC(C)CC. The molecular formula is C20H24O9. The lowest BCUT2D eigenvalue weighted by Gasteiger charge is -2.15. The van der Waals surface area contributed by atoms with Gasteiger partial charge in [0.05, 0.1) is 22.8 Å². The lowest BCUT2D eigenvalue weighted by atomic mass is 10.0. The average Bonchev–Trinajstić information content (AvgIpc) is 2.69. The third-order valence-electron chi connectivity index (χ3n) is 3.75. The zero-order chi connectivity index (χ0) is 22.1. The first kappa shape index (κ1) is 23.8. The Balaban J connectivity index is 2.92. The van der Waals surface area contributed by atoms with Crippen molar-refractivity contribution in [1.82, 2.24) is 0 Å². The Morgan fingerprint density at radius 2 is 1.69 bits per heavy atom. The van der Waals surface area contributed by atoms with Crippen molar-refractivity contribution >= 4 is 23.9 Å². The van der Waals surface area contributed by atoms with E-state index < -0.39 is 49.3 Å². The van der Waals surface area contributed by atoms with Crippen molar-refractivity contribution in [3.8, 4) is 0 Å². The molecule has 0 aliphatic heterocycles. The maximum absolute atomic E-state index is 12.4. The molecule has 1 rings (SSSR count). The summed E-state index contributed by atoms with van der Waals surface area (Å²) in [4.78, 5) is 47.2. The number of carboxylic acid groups (broad SMARTS) is 1. The fourth-order valence-electron chi connectivity index (χ4n) is 1.95. The second kappa shape index (κ2) is 11.0. The van der Waals surface area contributed by atoms with Crippen molar-refractivity contribution in [3.63, 3.8) is 0 Å². The normalized spacial score (nSPS) is 12.4. The van der Waals surface area contributed by atoms with E-state index in [4.69, 9.17) is 19.3 Å². The Morgan fingerprint density at radius 1 is 1.07 bits per heavy atom. The van der Waals surface area contributed by atoms with E-state index in [0.29, 0.717) is 6.42 Å². The second-order valence-corrected chi connectivity index (χ2v) is 6.32. The van der Waals surface area contributed by atoms with Gasteiger partial charge in [-0.3, -0.25) is 0 Å². The molecule has 158 valence electrons. The summed E-state index contributed by atoms with van der Waals surface area (Å²) < 4.78 is 14.9. The van der Waals surface area contributed by atoms with E-state index in [1.165, 1.54) is 6.92 Å².